The highest BCUT2D eigenvalue weighted by atomic mass is 16.5. The Bertz CT molecular complexity index is 934. The first-order valence-corrected chi connectivity index (χ1v) is 9.43. The van der Waals surface area contributed by atoms with Crippen LogP contribution in [0.5, 0.6) is 5.75 Å². The van der Waals surface area contributed by atoms with E-state index in [0.29, 0.717) is 30.0 Å². The molecule has 1 aliphatic rings. The lowest BCUT2D eigenvalue weighted by molar-refractivity contribution is -0.131. The number of ether oxygens (including phenoxy) is 2. The molecule has 2 aromatic rings. The number of nitrogens with one attached hydrogen (secondary N) is 2. The zero-order valence-electron chi connectivity index (χ0n) is 16.7. The summed E-state index contributed by atoms with van der Waals surface area (Å²) >= 11 is 0. The second-order valence-corrected chi connectivity index (χ2v) is 7.19. The van der Waals surface area contributed by atoms with Crippen molar-refractivity contribution in [2.75, 3.05) is 17.7 Å². The minimum absolute atomic E-state index is 0.0546. The molecule has 0 heterocycles. The molecule has 2 amide bonds. The maximum Gasteiger partial charge on any atom is 0.339 e. The van der Waals surface area contributed by atoms with Gasteiger partial charge in [-0.25, -0.2) is 4.79 Å². The van der Waals surface area contributed by atoms with E-state index < -0.39 is 23.2 Å². The van der Waals surface area contributed by atoms with E-state index in [4.69, 9.17) is 9.47 Å². The zero-order valence-corrected chi connectivity index (χ0v) is 16.7. The molecular formula is C22H24N2O5. The van der Waals surface area contributed by atoms with Gasteiger partial charge in [0.2, 0.25) is 11.8 Å². The van der Waals surface area contributed by atoms with Crippen LogP contribution in [0.15, 0.2) is 48.5 Å². The molecule has 2 N–H and O–H groups in total. The summed E-state index contributed by atoms with van der Waals surface area (Å²) in [5, 5.41) is 5.53. The first-order valence-electron chi connectivity index (χ1n) is 9.43. The fraction of sp³-hybridized carbons (Fsp3) is 0.318. The number of hydrogen-bond donors (Lipinski definition) is 2. The van der Waals surface area contributed by atoms with Crippen LogP contribution >= 0.6 is 0 Å². The molecule has 7 nitrogen and oxygen atoms in total. The second kappa shape index (κ2) is 8.34. The first kappa shape index (κ1) is 20.4. The standard InChI is InChI=1S/C22H24N2O5/c1-14(2)29-18-11-7-6-10-17(18)24-21(27)22(12-13-22)20(26)23-16-9-5-4-8-15(16)19(25)28-3/h4-11,14H,12-13H2,1-3H3,(H,23,26)(H,24,27). The molecule has 0 atom stereocenters. The Morgan fingerprint density at radius 3 is 2.03 bits per heavy atom. The molecule has 0 aliphatic heterocycles. The molecule has 0 aromatic heterocycles. The lowest BCUT2D eigenvalue weighted by atomic mass is 10.0. The van der Waals surface area contributed by atoms with Gasteiger partial charge in [-0.3, -0.25) is 9.59 Å². The van der Waals surface area contributed by atoms with Gasteiger partial charge in [-0.05, 0) is 51.0 Å². The van der Waals surface area contributed by atoms with Gasteiger partial charge in [0.05, 0.1) is 30.2 Å². The van der Waals surface area contributed by atoms with Crippen LogP contribution in [0.25, 0.3) is 0 Å². The number of para-hydroxylation sites is 3. The van der Waals surface area contributed by atoms with Crippen molar-refractivity contribution in [1.82, 2.24) is 0 Å². The van der Waals surface area contributed by atoms with E-state index in [2.05, 4.69) is 10.6 Å². The van der Waals surface area contributed by atoms with Crippen molar-refractivity contribution in [2.24, 2.45) is 5.41 Å². The highest BCUT2D eigenvalue weighted by molar-refractivity contribution is 6.18. The first-order chi connectivity index (χ1) is 13.9. The molecule has 152 valence electrons. The molecular weight excluding hydrogens is 372 g/mol. The topological polar surface area (TPSA) is 93.7 Å². The predicted molar refractivity (Wildman–Crippen MR) is 109 cm³/mol. The highest BCUT2D eigenvalue weighted by Crippen LogP contribution is 2.48. The van der Waals surface area contributed by atoms with E-state index in [0.717, 1.165) is 0 Å². The van der Waals surface area contributed by atoms with Gasteiger partial charge >= 0.3 is 5.97 Å². The van der Waals surface area contributed by atoms with Crippen LogP contribution in [0, 0.1) is 5.41 Å². The normalized spacial score (nSPS) is 14.1. The largest absolute Gasteiger partial charge is 0.489 e. The zero-order chi connectivity index (χ0) is 21.0. The third-order valence-corrected chi connectivity index (χ3v) is 4.70. The second-order valence-electron chi connectivity index (χ2n) is 7.19. The molecule has 29 heavy (non-hydrogen) atoms. The quantitative estimate of drug-likeness (QED) is 0.551. The van der Waals surface area contributed by atoms with Crippen LogP contribution in [0.1, 0.15) is 37.0 Å². The maximum absolute atomic E-state index is 12.9. The summed E-state index contributed by atoms with van der Waals surface area (Å²) in [6.45, 7) is 3.79. The lowest BCUT2D eigenvalue weighted by Crippen LogP contribution is -2.36. The van der Waals surface area contributed by atoms with Crippen LogP contribution < -0.4 is 15.4 Å². The molecule has 0 saturated heterocycles. The van der Waals surface area contributed by atoms with E-state index >= 15 is 0 Å². The Balaban J connectivity index is 1.76. The summed E-state index contributed by atoms with van der Waals surface area (Å²) < 4.78 is 10.5. The number of esters is 1. The predicted octanol–water partition coefficient (Wildman–Crippen LogP) is 3.62. The molecule has 0 radical (unpaired) electrons. The van der Waals surface area contributed by atoms with E-state index in [9.17, 15) is 14.4 Å². The molecule has 1 aliphatic carbocycles. The number of carbonyl (C=O) groups excluding carboxylic acids is 3. The number of anilines is 2. The fourth-order valence-corrected chi connectivity index (χ4v) is 2.97. The average Bonchev–Trinajstić information content (AvgIpc) is 3.51. The molecule has 1 fully saturated rings. The summed E-state index contributed by atoms with van der Waals surface area (Å²) in [5.41, 5.74) is -0.115. The smallest absolute Gasteiger partial charge is 0.339 e. The minimum Gasteiger partial charge on any atom is -0.489 e. The van der Waals surface area contributed by atoms with Crippen molar-refractivity contribution in [2.45, 2.75) is 32.8 Å². The molecule has 0 unspecified atom stereocenters. The van der Waals surface area contributed by atoms with Gasteiger partial charge < -0.3 is 20.1 Å². The van der Waals surface area contributed by atoms with Crippen molar-refractivity contribution in [3.05, 3.63) is 54.1 Å². The molecule has 0 spiro atoms. The molecule has 2 aromatic carbocycles. The number of methoxy groups -OCH3 is 1. The van der Waals surface area contributed by atoms with Crippen LogP contribution in [0.2, 0.25) is 0 Å². The van der Waals surface area contributed by atoms with E-state index in [-0.39, 0.29) is 11.7 Å². The van der Waals surface area contributed by atoms with Gasteiger partial charge in [0.25, 0.3) is 0 Å². The number of rotatable bonds is 7. The van der Waals surface area contributed by atoms with Gasteiger partial charge in [-0.15, -0.1) is 0 Å². The fourth-order valence-electron chi connectivity index (χ4n) is 2.97. The van der Waals surface area contributed by atoms with Gasteiger partial charge in [0.1, 0.15) is 11.2 Å². The Morgan fingerprint density at radius 2 is 1.45 bits per heavy atom. The van der Waals surface area contributed by atoms with Gasteiger partial charge in [-0.1, -0.05) is 24.3 Å². The van der Waals surface area contributed by atoms with Crippen molar-refractivity contribution in [3.63, 3.8) is 0 Å². The van der Waals surface area contributed by atoms with Gasteiger partial charge in [0.15, 0.2) is 0 Å². The third-order valence-electron chi connectivity index (χ3n) is 4.70. The van der Waals surface area contributed by atoms with Gasteiger partial charge in [0, 0.05) is 0 Å². The summed E-state index contributed by atoms with van der Waals surface area (Å²) in [5.74, 6) is -0.864. The van der Waals surface area contributed by atoms with E-state index in [1.165, 1.54) is 7.11 Å². The Labute approximate surface area is 169 Å². The molecule has 0 bridgehead atoms. The lowest BCUT2D eigenvalue weighted by Gasteiger charge is -2.19. The molecule has 3 rings (SSSR count). The van der Waals surface area contributed by atoms with Crippen LogP contribution in [0.3, 0.4) is 0 Å². The monoisotopic (exact) mass is 396 g/mol. The molecule has 7 heteroatoms. The maximum atomic E-state index is 12.9. The number of amides is 2. The van der Waals surface area contributed by atoms with Crippen molar-refractivity contribution < 1.29 is 23.9 Å². The van der Waals surface area contributed by atoms with Crippen LogP contribution in [0.4, 0.5) is 11.4 Å². The highest BCUT2D eigenvalue weighted by Gasteiger charge is 2.56. The Morgan fingerprint density at radius 1 is 0.897 bits per heavy atom. The van der Waals surface area contributed by atoms with Gasteiger partial charge in [-0.2, -0.15) is 0 Å². The van der Waals surface area contributed by atoms with Crippen molar-refractivity contribution >= 4 is 29.2 Å². The Hall–Kier alpha value is -3.35. The number of carbonyl (C=O) groups is 3. The Kier molecular flexibility index (Phi) is 5.87. The van der Waals surface area contributed by atoms with E-state index in [1.807, 2.05) is 19.9 Å². The SMILES string of the molecule is COC(=O)c1ccccc1NC(=O)C1(C(=O)Nc2ccccc2OC(C)C)CC1. The minimum atomic E-state index is -1.17. The molecule has 1 saturated carbocycles. The summed E-state index contributed by atoms with van der Waals surface area (Å²) in [6.07, 6.45) is 0.803. The summed E-state index contributed by atoms with van der Waals surface area (Å²) in [6, 6.07) is 13.6. The number of hydrogen-bond acceptors (Lipinski definition) is 5. The average molecular weight is 396 g/mol. The summed E-state index contributed by atoms with van der Waals surface area (Å²) in [7, 11) is 1.27. The van der Waals surface area contributed by atoms with Crippen molar-refractivity contribution in [3.8, 4) is 5.75 Å². The number of benzene rings is 2. The van der Waals surface area contributed by atoms with Crippen molar-refractivity contribution in [1.29, 1.82) is 0 Å². The third kappa shape index (κ3) is 4.39. The summed E-state index contributed by atoms with van der Waals surface area (Å²) in [4.78, 5) is 37.7. The van der Waals surface area contributed by atoms with Crippen LogP contribution in [-0.4, -0.2) is 31.0 Å². The van der Waals surface area contributed by atoms with Crippen LogP contribution in [-0.2, 0) is 14.3 Å². The van der Waals surface area contributed by atoms with E-state index in [1.54, 1.807) is 42.5 Å².